The third-order valence-corrected chi connectivity index (χ3v) is 12.2. The molecule has 0 N–H and O–H groups in total. The van der Waals surface area contributed by atoms with Crippen LogP contribution in [-0.2, 0) is 5.41 Å². The summed E-state index contributed by atoms with van der Waals surface area (Å²) in [5, 5.41) is 10.1. The van der Waals surface area contributed by atoms with Crippen LogP contribution in [0.15, 0.2) is 194 Å². The minimum Gasteiger partial charge on any atom is -0.0622 e. The lowest BCUT2D eigenvalue weighted by molar-refractivity contribution is 0.660. The van der Waals surface area contributed by atoms with Gasteiger partial charge in [0.15, 0.2) is 0 Å². The predicted molar refractivity (Wildman–Crippen MR) is 236 cm³/mol. The summed E-state index contributed by atoms with van der Waals surface area (Å²) in [5.41, 5.74) is 15.4. The van der Waals surface area contributed by atoms with E-state index < -0.39 is 0 Å². The maximum Gasteiger partial charge on any atom is 0.0158 e. The van der Waals surface area contributed by atoms with E-state index in [1.807, 2.05) is 0 Å². The molecule has 0 spiro atoms. The van der Waals surface area contributed by atoms with Gasteiger partial charge in [-0.05, 0) is 134 Å². The smallest absolute Gasteiger partial charge is 0.0158 e. The minimum absolute atomic E-state index is 0.0437. The molecule has 0 heterocycles. The molecule has 0 atom stereocenters. The lowest BCUT2D eigenvalue weighted by Gasteiger charge is -2.22. The lowest BCUT2D eigenvalue weighted by atomic mass is 9.81. The Labute approximate surface area is 322 Å². The molecule has 0 heteroatoms. The number of rotatable bonds is 4. The third kappa shape index (κ3) is 4.92. The van der Waals surface area contributed by atoms with E-state index >= 15 is 0 Å². The van der Waals surface area contributed by atoms with Crippen molar-refractivity contribution < 1.29 is 0 Å². The Bertz CT molecular complexity index is 3160. The Hall–Kier alpha value is -6.76. The largest absolute Gasteiger partial charge is 0.0622 e. The van der Waals surface area contributed by atoms with Gasteiger partial charge >= 0.3 is 0 Å². The van der Waals surface area contributed by atoms with Gasteiger partial charge in [0, 0.05) is 5.41 Å². The van der Waals surface area contributed by atoms with Crippen LogP contribution < -0.4 is 0 Å². The molecule has 0 fully saturated rings. The molecule has 0 saturated carbocycles. The monoisotopic (exact) mass is 698 g/mol. The SMILES string of the molecule is CC1(C)c2ccccc2-c2cc(-c3c4ccccc4c(-c4ccc5cc(-c6ccccc6)ccc5c4)c4ccc(-c5cccc6ccccc56)cc34)ccc21. The molecule has 0 aromatic heterocycles. The Morgan fingerprint density at radius 2 is 0.818 bits per heavy atom. The van der Waals surface area contributed by atoms with Crippen LogP contribution in [0.5, 0.6) is 0 Å². The van der Waals surface area contributed by atoms with E-state index in [2.05, 4.69) is 208 Å². The second-order valence-corrected chi connectivity index (χ2v) is 15.7. The molecule has 0 unspecified atom stereocenters. The van der Waals surface area contributed by atoms with Crippen molar-refractivity contribution in [3.05, 3.63) is 205 Å². The van der Waals surface area contributed by atoms with Gasteiger partial charge in [-0.3, -0.25) is 0 Å². The van der Waals surface area contributed by atoms with E-state index in [0.29, 0.717) is 0 Å². The summed E-state index contributed by atoms with van der Waals surface area (Å²) in [7, 11) is 0. The van der Waals surface area contributed by atoms with Crippen LogP contribution in [-0.4, -0.2) is 0 Å². The highest BCUT2D eigenvalue weighted by Crippen LogP contribution is 2.51. The van der Waals surface area contributed by atoms with Crippen LogP contribution in [0.2, 0.25) is 0 Å². The van der Waals surface area contributed by atoms with Gasteiger partial charge in [-0.2, -0.15) is 0 Å². The molecule has 0 radical (unpaired) electrons. The average Bonchev–Trinajstić information content (AvgIpc) is 3.47. The van der Waals surface area contributed by atoms with Gasteiger partial charge in [0.05, 0.1) is 0 Å². The van der Waals surface area contributed by atoms with Crippen molar-refractivity contribution in [2.45, 2.75) is 19.3 Å². The molecule has 11 rings (SSSR count). The maximum absolute atomic E-state index is 2.47. The number of benzene rings is 10. The van der Waals surface area contributed by atoms with E-state index in [0.717, 1.165) is 0 Å². The first-order valence-electron chi connectivity index (χ1n) is 19.3. The van der Waals surface area contributed by atoms with Crippen LogP contribution in [0.4, 0.5) is 0 Å². The van der Waals surface area contributed by atoms with E-state index in [1.54, 1.807) is 0 Å². The van der Waals surface area contributed by atoms with E-state index in [9.17, 15) is 0 Å². The van der Waals surface area contributed by atoms with Gasteiger partial charge in [0.2, 0.25) is 0 Å². The first kappa shape index (κ1) is 31.7. The van der Waals surface area contributed by atoms with Crippen LogP contribution >= 0.6 is 0 Å². The Morgan fingerprint density at radius 3 is 1.64 bits per heavy atom. The Balaban J connectivity index is 1.19. The second kappa shape index (κ2) is 12.1. The van der Waals surface area contributed by atoms with Gasteiger partial charge in [0.25, 0.3) is 0 Å². The first-order valence-corrected chi connectivity index (χ1v) is 19.3. The normalized spacial score (nSPS) is 13.1. The predicted octanol–water partition coefficient (Wildman–Crippen LogP) is 15.3. The third-order valence-electron chi connectivity index (χ3n) is 12.2. The summed E-state index contributed by atoms with van der Waals surface area (Å²) in [5.74, 6) is 0. The van der Waals surface area contributed by atoms with Gasteiger partial charge in [-0.15, -0.1) is 0 Å². The molecule has 10 aromatic carbocycles. The average molecular weight is 699 g/mol. The van der Waals surface area contributed by atoms with E-state index in [-0.39, 0.29) is 5.41 Å². The molecule has 55 heavy (non-hydrogen) atoms. The van der Waals surface area contributed by atoms with E-state index in [1.165, 1.54) is 110 Å². The van der Waals surface area contributed by atoms with Crippen molar-refractivity contribution in [3.63, 3.8) is 0 Å². The zero-order valence-electron chi connectivity index (χ0n) is 31.0. The standard InChI is InChI=1S/C55H38/c1-55(2)51-22-11-10-18-45(51)49-34-42(28-30-52(49)55)54-47-20-9-8-19-46(47)53(41-26-25-38-31-37(23-24-39(38)32-41)35-13-4-3-5-14-35)48-29-27-40(33-50(48)54)44-21-12-16-36-15-6-7-17-43(36)44/h3-34H,1-2H3. The van der Waals surface area contributed by atoms with Crippen LogP contribution in [0.1, 0.15) is 25.0 Å². The van der Waals surface area contributed by atoms with Crippen LogP contribution in [0, 0.1) is 0 Å². The number of hydrogen-bond acceptors (Lipinski definition) is 0. The van der Waals surface area contributed by atoms with Crippen molar-refractivity contribution in [2.75, 3.05) is 0 Å². The van der Waals surface area contributed by atoms with Crippen molar-refractivity contribution in [2.24, 2.45) is 0 Å². The molecule has 0 saturated heterocycles. The molecule has 0 amide bonds. The quantitative estimate of drug-likeness (QED) is 0.161. The first-order chi connectivity index (χ1) is 27.0. The van der Waals surface area contributed by atoms with Gasteiger partial charge in [-0.25, -0.2) is 0 Å². The molecule has 1 aliphatic rings. The molecule has 258 valence electrons. The lowest BCUT2D eigenvalue weighted by Crippen LogP contribution is -2.14. The van der Waals surface area contributed by atoms with Crippen molar-refractivity contribution in [1.82, 2.24) is 0 Å². The summed E-state index contributed by atoms with van der Waals surface area (Å²) in [6.45, 7) is 4.72. The number of fused-ring (bicyclic) bond motifs is 7. The summed E-state index contributed by atoms with van der Waals surface area (Å²) < 4.78 is 0. The summed E-state index contributed by atoms with van der Waals surface area (Å²) in [6.07, 6.45) is 0. The fourth-order valence-corrected chi connectivity index (χ4v) is 9.53. The summed E-state index contributed by atoms with van der Waals surface area (Å²) in [4.78, 5) is 0. The fourth-order valence-electron chi connectivity index (χ4n) is 9.53. The van der Waals surface area contributed by atoms with Crippen LogP contribution in [0.25, 0.3) is 98.7 Å². The van der Waals surface area contributed by atoms with Gasteiger partial charge in [-0.1, -0.05) is 184 Å². The Morgan fingerprint density at radius 1 is 0.273 bits per heavy atom. The maximum atomic E-state index is 2.47. The minimum atomic E-state index is -0.0437. The molecular formula is C55H38. The van der Waals surface area contributed by atoms with Crippen molar-refractivity contribution in [3.8, 4) is 55.6 Å². The van der Waals surface area contributed by atoms with Gasteiger partial charge < -0.3 is 0 Å². The van der Waals surface area contributed by atoms with Crippen molar-refractivity contribution in [1.29, 1.82) is 0 Å². The molecule has 0 aliphatic heterocycles. The molecule has 0 nitrogen and oxygen atoms in total. The topological polar surface area (TPSA) is 0 Å². The van der Waals surface area contributed by atoms with Gasteiger partial charge in [0.1, 0.15) is 0 Å². The number of hydrogen-bond donors (Lipinski definition) is 0. The zero-order chi connectivity index (χ0) is 36.7. The zero-order valence-corrected chi connectivity index (χ0v) is 31.0. The molecule has 10 aromatic rings. The second-order valence-electron chi connectivity index (χ2n) is 15.7. The molecular weight excluding hydrogens is 661 g/mol. The van der Waals surface area contributed by atoms with Crippen LogP contribution in [0.3, 0.4) is 0 Å². The fraction of sp³-hybridized carbons (Fsp3) is 0.0545. The van der Waals surface area contributed by atoms with Crippen molar-refractivity contribution >= 4 is 43.1 Å². The molecule has 1 aliphatic carbocycles. The molecule has 0 bridgehead atoms. The Kier molecular flexibility index (Phi) is 7.00. The highest BCUT2D eigenvalue weighted by molar-refractivity contribution is 6.22. The van der Waals surface area contributed by atoms with E-state index in [4.69, 9.17) is 0 Å². The summed E-state index contributed by atoms with van der Waals surface area (Å²) in [6, 6.07) is 72.3. The summed E-state index contributed by atoms with van der Waals surface area (Å²) >= 11 is 0. The highest BCUT2D eigenvalue weighted by Gasteiger charge is 2.35. The highest BCUT2D eigenvalue weighted by atomic mass is 14.4.